The summed E-state index contributed by atoms with van der Waals surface area (Å²) in [5.74, 6) is 0. The normalized spacial score (nSPS) is 11.8. The number of rotatable bonds is 4. The minimum Gasteiger partial charge on any atom is -0.293 e. The van der Waals surface area contributed by atoms with Gasteiger partial charge < -0.3 is 0 Å². The first-order valence-electron chi connectivity index (χ1n) is 5.58. The molecule has 3 nitrogen and oxygen atoms in total. The number of halogens is 1. The van der Waals surface area contributed by atoms with Crippen molar-refractivity contribution in [2.24, 2.45) is 0 Å². The van der Waals surface area contributed by atoms with Gasteiger partial charge in [0, 0.05) is 17.8 Å². The fourth-order valence-electron chi connectivity index (χ4n) is 1.62. The Morgan fingerprint density at radius 2 is 2.00 bits per heavy atom. The molecule has 1 heterocycles. The van der Waals surface area contributed by atoms with Gasteiger partial charge in [-0.3, -0.25) is 10.3 Å². The van der Waals surface area contributed by atoms with Crippen molar-refractivity contribution >= 4 is 11.6 Å². The molecule has 18 heavy (non-hydrogen) atoms. The van der Waals surface area contributed by atoms with E-state index in [1.54, 1.807) is 6.20 Å². The van der Waals surface area contributed by atoms with E-state index in [9.17, 15) is 0 Å². The summed E-state index contributed by atoms with van der Waals surface area (Å²) >= 11 is 6.06. The van der Waals surface area contributed by atoms with Gasteiger partial charge in [0.15, 0.2) is 0 Å². The number of hydrogen-bond acceptors (Lipinski definition) is 3. The van der Waals surface area contributed by atoms with Crippen LogP contribution in [0.1, 0.15) is 17.3 Å². The molecule has 0 bridgehead atoms. The predicted octanol–water partition coefficient (Wildman–Crippen LogP) is 3.09. The Bertz CT molecular complexity index is 548. The summed E-state index contributed by atoms with van der Waals surface area (Å²) in [5, 5.41) is 13.0. The average Bonchev–Trinajstić information content (AvgIpc) is 2.42. The van der Waals surface area contributed by atoms with Crippen LogP contribution in [-0.2, 0) is 6.54 Å². The van der Waals surface area contributed by atoms with Crippen molar-refractivity contribution in [3.05, 3.63) is 64.9 Å². The van der Waals surface area contributed by atoms with Gasteiger partial charge in [0.25, 0.3) is 0 Å². The number of pyridine rings is 1. The summed E-state index contributed by atoms with van der Waals surface area (Å²) < 4.78 is 0. The molecule has 0 radical (unpaired) electrons. The van der Waals surface area contributed by atoms with Crippen LogP contribution in [0.15, 0.2) is 48.7 Å². The van der Waals surface area contributed by atoms with Crippen LogP contribution in [0.5, 0.6) is 0 Å². The number of hydrogen-bond donors (Lipinski definition) is 1. The second-order valence-corrected chi connectivity index (χ2v) is 4.20. The third-order valence-electron chi connectivity index (χ3n) is 2.57. The summed E-state index contributed by atoms with van der Waals surface area (Å²) in [6.07, 6.45) is 1.68. The lowest BCUT2D eigenvalue weighted by atomic mass is 10.1. The third kappa shape index (κ3) is 3.07. The van der Waals surface area contributed by atoms with Crippen LogP contribution in [-0.4, -0.2) is 4.98 Å². The lowest BCUT2D eigenvalue weighted by molar-refractivity contribution is 0.617. The summed E-state index contributed by atoms with van der Waals surface area (Å²) in [5.41, 5.74) is 1.68. The molecule has 0 aliphatic heterocycles. The van der Waals surface area contributed by atoms with Crippen LogP contribution in [0.3, 0.4) is 0 Å². The maximum Gasteiger partial charge on any atom is 0.138 e. The summed E-state index contributed by atoms with van der Waals surface area (Å²) in [6.45, 7) is 0.536. The number of nitrogens with zero attached hydrogens (tertiary/aromatic N) is 2. The monoisotopic (exact) mass is 257 g/mol. The van der Waals surface area contributed by atoms with E-state index in [4.69, 9.17) is 16.9 Å². The Morgan fingerprint density at radius 1 is 1.22 bits per heavy atom. The highest BCUT2D eigenvalue weighted by atomic mass is 35.5. The Morgan fingerprint density at radius 3 is 2.67 bits per heavy atom. The molecule has 1 aromatic heterocycles. The van der Waals surface area contributed by atoms with E-state index in [1.165, 1.54) is 0 Å². The second kappa shape index (κ2) is 6.15. The molecule has 0 saturated carbocycles. The van der Waals surface area contributed by atoms with Crippen LogP contribution >= 0.6 is 11.6 Å². The van der Waals surface area contributed by atoms with E-state index in [2.05, 4.69) is 16.4 Å². The molecule has 2 aromatic rings. The maximum absolute atomic E-state index is 9.14. The molecule has 1 atom stereocenters. The number of nitrogens with one attached hydrogen (secondary N) is 1. The number of nitriles is 1. The first-order chi connectivity index (χ1) is 8.81. The van der Waals surface area contributed by atoms with E-state index >= 15 is 0 Å². The quantitative estimate of drug-likeness (QED) is 0.916. The lowest BCUT2D eigenvalue weighted by Crippen LogP contribution is -2.20. The lowest BCUT2D eigenvalue weighted by Gasteiger charge is -2.11. The molecule has 2 rings (SSSR count). The van der Waals surface area contributed by atoms with E-state index in [0.717, 1.165) is 5.56 Å². The molecule has 1 aromatic carbocycles. The van der Waals surface area contributed by atoms with Crippen molar-refractivity contribution in [2.75, 3.05) is 0 Å². The number of aromatic nitrogens is 1. The van der Waals surface area contributed by atoms with Crippen molar-refractivity contribution in [1.29, 1.82) is 5.26 Å². The van der Waals surface area contributed by atoms with Gasteiger partial charge in [-0.15, -0.1) is 0 Å². The van der Waals surface area contributed by atoms with E-state index in [1.807, 2.05) is 42.5 Å². The van der Waals surface area contributed by atoms with Crippen LogP contribution in [0.25, 0.3) is 0 Å². The van der Waals surface area contributed by atoms with Crippen LogP contribution in [0.2, 0.25) is 5.02 Å². The highest BCUT2D eigenvalue weighted by molar-refractivity contribution is 6.31. The summed E-state index contributed by atoms with van der Waals surface area (Å²) in [6, 6.07) is 14.9. The maximum atomic E-state index is 9.14. The molecule has 0 spiro atoms. The molecular formula is C14H12ClN3. The van der Waals surface area contributed by atoms with Crippen molar-refractivity contribution in [3.8, 4) is 6.07 Å². The fourth-order valence-corrected chi connectivity index (χ4v) is 1.82. The topological polar surface area (TPSA) is 48.7 Å². The van der Waals surface area contributed by atoms with E-state index in [-0.39, 0.29) is 0 Å². The molecule has 90 valence electrons. The second-order valence-electron chi connectivity index (χ2n) is 3.79. The van der Waals surface area contributed by atoms with Crippen LogP contribution in [0.4, 0.5) is 0 Å². The fraction of sp³-hybridized carbons (Fsp3) is 0.143. The van der Waals surface area contributed by atoms with Crippen molar-refractivity contribution < 1.29 is 0 Å². The summed E-state index contributed by atoms with van der Waals surface area (Å²) in [7, 11) is 0. The molecule has 0 amide bonds. The van der Waals surface area contributed by atoms with E-state index in [0.29, 0.717) is 17.3 Å². The molecule has 4 heteroatoms. The van der Waals surface area contributed by atoms with Gasteiger partial charge in [0.05, 0.1) is 11.8 Å². The zero-order chi connectivity index (χ0) is 12.8. The Balaban J connectivity index is 2.05. The first-order valence-corrected chi connectivity index (χ1v) is 5.96. The molecule has 1 unspecified atom stereocenters. The minimum atomic E-state index is -0.428. The highest BCUT2D eigenvalue weighted by Crippen LogP contribution is 2.16. The zero-order valence-corrected chi connectivity index (χ0v) is 10.4. The third-order valence-corrected chi connectivity index (χ3v) is 2.94. The number of benzene rings is 1. The van der Waals surface area contributed by atoms with Gasteiger partial charge in [-0.2, -0.15) is 5.26 Å². The predicted molar refractivity (Wildman–Crippen MR) is 70.9 cm³/mol. The molecule has 0 aliphatic carbocycles. The van der Waals surface area contributed by atoms with Gasteiger partial charge >= 0.3 is 0 Å². The molecule has 0 saturated heterocycles. The van der Waals surface area contributed by atoms with Crippen molar-refractivity contribution in [2.45, 2.75) is 12.6 Å². The highest BCUT2D eigenvalue weighted by Gasteiger charge is 2.11. The largest absolute Gasteiger partial charge is 0.293 e. The Labute approximate surface area is 111 Å². The SMILES string of the molecule is N#CC(NCc1ccccc1Cl)c1ccccn1. The molecule has 1 N–H and O–H groups in total. The zero-order valence-electron chi connectivity index (χ0n) is 9.68. The van der Waals surface area contributed by atoms with Gasteiger partial charge in [-0.05, 0) is 23.8 Å². The van der Waals surface area contributed by atoms with Gasteiger partial charge in [-0.25, -0.2) is 0 Å². The van der Waals surface area contributed by atoms with Crippen molar-refractivity contribution in [3.63, 3.8) is 0 Å². The van der Waals surface area contributed by atoms with E-state index < -0.39 is 6.04 Å². The minimum absolute atomic E-state index is 0.428. The first kappa shape index (κ1) is 12.6. The molecule has 0 fully saturated rings. The molecule has 0 aliphatic rings. The standard InChI is InChI=1S/C14H12ClN3/c15-12-6-2-1-5-11(12)10-18-14(9-16)13-7-3-4-8-17-13/h1-8,14,18H,10H2. The van der Waals surface area contributed by atoms with Gasteiger partial charge in [0.1, 0.15) is 6.04 Å². The summed E-state index contributed by atoms with van der Waals surface area (Å²) in [4.78, 5) is 4.17. The molecular weight excluding hydrogens is 246 g/mol. The van der Waals surface area contributed by atoms with Crippen molar-refractivity contribution in [1.82, 2.24) is 10.3 Å². The Kier molecular flexibility index (Phi) is 4.30. The van der Waals surface area contributed by atoms with Crippen LogP contribution in [0, 0.1) is 11.3 Å². The Hall–Kier alpha value is -1.89. The smallest absolute Gasteiger partial charge is 0.138 e. The van der Waals surface area contributed by atoms with Gasteiger partial charge in [0.2, 0.25) is 0 Å². The average molecular weight is 258 g/mol. The van der Waals surface area contributed by atoms with Gasteiger partial charge in [-0.1, -0.05) is 35.9 Å². The van der Waals surface area contributed by atoms with Crippen LogP contribution < -0.4 is 5.32 Å².